The van der Waals surface area contributed by atoms with Crippen LogP contribution in [0.1, 0.15) is 48.0 Å². The average Bonchev–Trinajstić information content (AvgIpc) is 1.91. The van der Waals surface area contributed by atoms with Crippen molar-refractivity contribution in [2.75, 3.05) is 0 Å². The van der Waals surface area contributed by atoms with Crippen LogP contribution in [-0.2, 0) is 0 Å². The monoisotopic (exact) mass is 142 g/mol. The molecule has 0 saturated heterocycles. The molecule has 0 heteroatoms. The fraction of sp³-hybridized carbons (Fsp3) is 0.800. The van der Waals surface area contributed by atoms with Gasteiger partial charge in [-0.15, -0.1) is 0 Å². The first-order valence-electron chi connectivity index (χ1n) is 4.31. The summed E-state index contributed by atoms with van der Waals surface area (Å²) in [7, 11) is 0. The van der Waals surface area contributed by atoms with Gasteiger partial charge in [0.25, 0.3) is 0 Å². The summed E-state index contributed by atoms with van der Waals surface area (Å²) in [5, 5.41) is 0. The molecule has 0 N–H and O–H groups in total. The second kappa shape index (κ2) is 8.74. The van der Waals surface area contributed by atoms with Crippen LogP contribution in [-0.4, -0.2) is 0 Å². The zero-order chi connectivity index (χ0) is 8.57. The molecule has 62 valence electrons. The fourth-order valence-corrected chi connectivity index (χ4v) is 0.687. The normalized spacial score (nSPS) is 11.0. The van der Waals surface area contributed by atoms with Gasteiger partial charge in [0, 0.05) is 0 Å². The minimum atomic E-state index is 0.764. The fourth-order valence-electron chi connectivity index (χ4n) is 0.687. The molecule has 0 saturated carbocycles. The van der Waals surface area contributed by atoms with Crippen molar-refractivity contribution in [3.8, 4) is 0 Å². The minimum Gasteiger partial charge on any atom is -0.0831 e. The Balaban J connectivity index is 0. The molecule has 10 heavy (non-hydrogen) atoms. The Kier molecular flexibility index (Phi) is 10.9. The molecule has 1 atom stereocenters. The third kappa shape index (κ3) is 10.7. The minimum absolute atomic E-state index is 0.764. The van der Waals surface area contributed by atoms with Crippen molar-refractivity contribution >= 4 is 0 Å². The summed E-state index contributed by atoms with van der Waals surface area (Å²) in [6.45, 7) is 12.7. The quantitative estimate of drug-likeness (QED) is 0.511. The Morgan fingerprint density at radius 2 is 1.70 bits per heavy atom. The first-order valence-corrected chi connectivity index (χ1v) is 4.31. The molecular formula is C10H22. The van der Waals surface area contributed by atoms with Crippen molar-refractivity contribution < 1.29 is 0 Å². The summed E-state index contributed by atoms with van der Waals surface area (Å²) in [5.74, 6) is 0.764. The third-order valence-electron chi connectivity index (χ3n) is 1.26. The van der Waals surface area contributed by atoms with Crippen molar-refractivity contribution in [1.82, 2.24) is 0 Å². The van der Waals surface area contributed by atoms with Crippen molar-refractivity contribution in [3.63, 3.8) is 0 Å². The van der Waals surface area contributed by atoms with Crippen LogP contribution >= 0.6 is 0 Å². The highest BCUT2D eigenvalue weighted by Crippen LogP contribution is 2.04. The van der Waals surface area contributed by atoms with Crippen LogP contribution in [0, 0.1) is 5.92 Å². The summed E-state index contributed by atoms with van der Waals surface area (Å²) in [6.07, 6.45) is 3.56. The van der Waals surface area contributed by atoms with Gasteiger partial charge in [0.15, 0.2) is 0 Å². The maximum atomic E-state index is 2.31. The van der Waals surface area contributed by atoms with Crippen LogP contribution in [0.15, 0.2) is 11.6 Å². The van der Waals surface area contributed by atoms with E-state index in [0.29, 0.717) is 0 Å². The van der Waals surface area contributed by atoms with Crippen LogP contribution < -0.4 is 0 Å². The van der Waals surface area contributed by atoms with Gasteiger partial charge in [-0.2, -0.15) is 0 Å². The lowest BCUT2D eigenvalue weighted by molar-refractivity contribution is 0.693. The Morgan fingerprint density at radius 3 is 1.80 bits per heavy atom. The third-order valence-corrected chi connectivity index (χ3v) is 1.26. The Labute approximate surface area is 66.3 Å². The number of hydrogen-bond donors (Lipinski definition) is 0. The van der Waals surface area contributed by atoms with E-state index in [1.807, 2.05) is 13.8 Å². The highest BCUT2D eigenvalue weighted by Gasteiger charge is 1.89. The van der Waals surface area contributed by atoms with Crippen molar-refractivity contribution in [1.29, 1.82) is 0 Å². The SMILES string of the molecule is CC.CCC(C)C=C(C)C. The standard InChI is InChI=1S/C8H16.C2H6/c1-5-8(4)6-7(2)3;1-2/h6,8H,5H2,1-4H3;1-2H3. The molecule has 1 unspecified atom stereocenters. The van der Waals surface area contributed by atoms with Gasteiger partial charge in [-0.25, -0.2) is 0 Å². The van der Waals surface area contributed by atoms with E-state index in [-0.39, 0.29) is 0 Å². The van der Waals surface area contributed by atoms with E-state index in [1.54, 1.807) is 0 Å². The Bertz CT molecular complexity index is 76.0. The van der Waals surface area contributed by atoms with Gasteiger partial charge in [0.05, 0.1) is 0 Å². The van der Waals surface area contributed by atoms with Gasteiger partial charge < -0.3 is 0 Å². The van der Waals surface area contributed by atoms with Crippen LogP contribution in [0.5, 0.6) is 0 Å². The molecule has 0 aliphatic heterocycles. The van der Waals surface area contributed by atoms with Crippen LogP contribution in [0.4, 0.5) is 0 Å². The lowest BCUT2D eigenvalue weighted by Gasteiger charge is -1.99. The smallest absolute Gasteiger partial charge is 0.0262 e. The predicted octanol–water partition coefficient (Wildman–Crippen LogP) is 4.02. The Hall–Kier alpha value is -0.260. The average molecular weight is 142 g/mol. The summed E-state index contributed by atoms with van der Waals surface area (Å²) >= 11 is 0. The molecule has 0 bridgehead atoms. The van der Waals surface area contributed by atoms with E-state index < -0.39 is 0 Å². The van der Waals surface area contributed by atoms with Crippen LogP contribution in [0.25, 0.3) is 0 Å². The molecule has 0 fully saturated rings. The first-order chi connectivity index (χ1) is 4.66. The highest BCUT2D eigenvalue weighted by atomic mass is 14.0. The zero-order valence-corrected chi connectivity index (χ0v) is 8.36. The lowest BCUT2D eigenvalue weighted by Crippen LogP contribution is -1.84. The van der Waals surface area contributed by atoms with Crippen molar-refractivity contribution in [2.45, 2.75) is 48.0 Å². The largest absolute Gasteiger partial charge is 0.0831 e. The summed E-state index contributed by atoms with van der Waals surface area (Å²) < 4.78 is 0. The van der Waals surface area contributed by atoms with Crippen LogP contribution in [0.3, 0.4) is 0 Å². The van der Waals surface area contributed by atoms with Gasteiger partial charge in [0.2, 0.25) is 0 Å². The van der Waals surface area contributed by atoms with Gasteiger partial charge in [-0.1, -0.05) is 45.8 Å². The topological polar surface area (TPSA) is 0 Å². The van der Waals surface area contributed by atoms with E-state index in [4.69, 9.17) is 0 Å². The zero-order valence-electron chi connectivity index (χ0n) is 8.36. The molecule has 0 rings (SSSR count). The van der Waals surface area contributed by atoms with Crippen molar-refractivity contribution in [3.05, 3.63) is 11.6 Å². The lowest BCUT2D eigenvalue weighted by atomic mass is 10.1. The highest BCUT2D eigenvalue weighted by molar-refractivity contribution is 4.95. The van der Waals surface area contributed by atoms with Crippen molar-refractivity contribution in [2.24, 2.45) is 5.92 Å². The molecule has 0 aliphatic carbocycles. The second-order valence-electron chi connectivity index (χ2n) is 2.63. The summed E-state index contributed by atoms with van der Waals surface area (Å²) in [6, 6.07) is 0. The molecule has 0 aliphatic rings. The van der Waals surface area contributed by atoms with E-state index in [1.165, 1.54) is 12.0 Å². The molecule has 0 aromatic rings. The second-order valence-corrected chi connectivity index (χ2v) is 2.63. The summed E-state index contributed by atoms with van der Waals surface area (Å²) in [4.78, 5) is 0. The molecule has 0 aromatic heterocycles. The van der Waals surface area contributed by atoms with E-state index in [2.05, 4.69) is 33.8 Å². The van der Waals surface area contributed by atoms with E-state index >= 15 is 0 Å². The maximum Gasteiger partial charge on any atom is -0.0262 e. The summed E-state index contributed by atoms with van der Waals surface area (Å²) in [5.41, 5.74) is 1.43. The van der Waals surface area contributed by atoms with E-state index in [9.17, 15) is 0 Å². The van der Waals surface area contributed by atoms with Crippen LogP contribution in [0.2, 0.25) is 0 Å². The molecule has 0 heterocycles. The van der Waals surface area contributed by atoms with Gasteiger partial charge in [-0.3, -0.25) is 0 Å². The van der Waals surface area contributed by atoms with Gasteiger partial charge in [0.1, 0.15) is 0 Å². The molecule has 0 aromatic carbocycles. The predicted molar refractivity (Wildman–Crippen MR) is 50.2 cm³/mol. The molecule has 0 nitrogen and oxygen atoms in total. The van der Waals surface area contributed by atoms with E-state index in [0.717, 1.165) is 5.92 Å². The number of hydrogen-bond acceptors (Lipinski definition) is 0. The number of rotatable bonds is 2. The molecule has 0 radical (unpaired) electrons. The first kappa shape index (κ1) is 12.4. The molecular weight excluding hydrogens is 120 g/mol. The van der Waals surface area contributed by atoms with Gasteiger partial charge in [-0.05, 0) is 19.8 Å². The van der Waals surface area contributed by atoms with Gasteiger partial charge >= 0.3 is 0 Å². The number of allylic oxidation sites excluding steroid dienone is 2. The molecule has 0 amide bonds. The maximum absolute atomic E-state index is 2.31. The molecule has 0 spiro atoms. The Morgan fingerprint density at radius 1 is 1.30 bits per heavy atom.